The van der Waals surface area contributed by atoms with Crippen molar-refractivity contribution in [2.75, 3.05) is 48.0 Å². The van der Waals surface area contributed by atoms with Crippen LogP contribution in [-0.2, 0) is 6.54 Å². The fourth-order valence-electron chi connectivity index (χ4n) is 3.78. The van der Waals surface area contributed by atoms with Gasteiger partial charge in [-0.05, 0) is 38.1 Å². The lowest BCUT2D eigenvalue weighted by atomic mass is 10.1. The van der Waals surface area contributed by atoms with Crippen LogP contribution in [0.2, 0.25) is 0 Å². The van der Waals surface area contributed by atoms with Crippen LogP contribution in [0.5, 0.6) is 17.2 Å². The number of benzene rings is 1. The van der Waals surface area contributed by atoms with Gasteiger partial charge in [0.1, 0.15) is 23.0 Å². The van der Waals surface area contributed by atoms with Gasteiger partial charge in [-0.1, -0.05) is 0 Å². The Morgan fingerprint density at radius 3 is 2.33 bits per heavy atom. The van der Waals surface area contributed by atoms with Crippen molar-refractivity contribution in [2.24, 2.45) is 4.99 Å². The molecule has 164 valence electrons. The number of rotatable bonds is 9. The molecule has 0 saturated carbocycles. The average Bonchev–Trinajstić information content (AvgIpc) is 3.50. The van der Waals surface area contributed by atoms with Gasteiger partial charge in [-0.2, -0.15) is 0 Å². The molecule has 2 heterocycles. The number of nitrogens with one attached hydrogen (secondary N) is 2. The molecule has 1 aromatic carbocycles. The van der Waals surface area contributed by atoms with E-state index in [1.54, 1.807) is 34.6 Å². The summed E-state index contributed by atoms with van der Waals surface area (Å²) in [6.07, 6.45) is 4.18. The number of guanidine groups is 1. The Morgan fingerprint density at radius 1 is 1.10 bits per heavy atom. The molecular weight excluding hydrogens is 384 g/mol. The van der Waals surface area contributed by atoms with Crippen molar-refractivity contribution in [2.45, 2.75) is 25.4 Å². The van der Waals surface area contributed by atoms with E-state index in [9.17, 15) is 0 Å². The van der Waals surface area contributed by atoms with E-state index in [-0.39, 0.29) is 6.04 Å². The predicted octanol–water partition coefficient (Wildman–Crippen LogP) is 2.81. The third kappa shape index (κ3) is 5.18. The van der Waals surface area contributed by atoms with Crippen LogP contribution in [0.15, 0.2) is 39.9 Å². The first-order valence-corrected chi connectivity index (χ1v) is 10.2. The van der Waals surface area contributed by atoms with Gasteiger partial charge >= 0.3 is 0 Å². The van der Waals surface area contributed by atoms with Gasteiger partial charge in [0.25, 0.3) is 0 Å². The molecule has 3 rings (SSSR count). The molecule has 1 unspecified atom stereocenters. The van der Waals surface area contributed by atoms with Gasteiger partial charge < -0.3 is 29.3 Å². The highest BCUT2D eigenvalue weighted by molar-refractivity contribution is 5.79. The van der Waals surface area contributed by atoms with E-state index in [4.69, 9.17) is 18.6 Å². The minimum Gasteiger partial charge on any atom is -0.496 e. The van der Waals surface area contributed by atoms with Gasteiger partial charge in [0, 0.05) is 25.7 Å². The van der Waals surface area contributed by atoms with E-state index >= 15 is 0 Å². The van der Waals surface area contributed by atoms with Crippen LogP contribution in [0.25, 0.3) is 0 Å². The van der Waals surface area contributed by atoms with Crippen molar-refractivity contribution in [3.63, 3.8) is 0 Å². The van der Waals surface area contributed by atoms with Gasteiger partial charge in [-0.3, -0.25) is 9.89 Å². The summed E-state index contributed by atoms with van der Waals surface area (Å²) in [4.78, 5) is 6.82. The standard InChI is InChI=1S/C22H32N4O4/c1-23-22(24-14-17-20(28-3)12-16(27-2)13-21(17)29-4)25-15-18(19-8-7-11-30-19)26-9-5-6-10-26/h7-8,11-13,18H,5-6,9-10,14-15H2,1-4H3,(H2,23,24,25). The molecule has 2 N–H and O–H groups in total. The maximum atomic E-state index is 5.70. The summed E-state index contributed by atoms with van der Waals surface area (Å²) >= 11 is 0. The quantitative estimate of drug-likeness (QED) is 0.481. The lowest BCUT2D eigenvalue weighted by molar-refractivity contribution is 0.215. The van der Waals surface area contributed by atoms with E-state index in [1.807, 2.05) is 24.3 Å². The molecule has 8 nitrogen and oxygen atoms in total. The van der Waals surface area contributed by atoms with E-state index in [0.717, 1.165) is 24.4 Å². The SMILES string of the molecule is CN=C(NCc1c(OC)cc(OC)cc1OC)NCC(c1ccco1)N1CCCC1. The number of ether oxygens (including phenoxy) is 3. The van der Waals surface area contributed by atoms with E-state index < -0.39 is 0 Å². The van der Waals surface area contributed by atoms with E-state index in [2.05, 4.69) is 20.5 Å². The smallest absolute Gasteiger partial charge is 0.191 e. The van der Waals surface area contributed by atoms with Crippen LogP contribution in [0.4, 0.5) is 0 Å². The monoisotopic (exact) mass is 416 g/mol. The largest absolute Gasteiger partial charge is 0.496 e. The molecule has 1 aromatic heterocycles. The fourth-order valence-corrected chi connectivity index (χ4v) is 3.78. The maximum absolute atomic E-state index is 5.70. The van der Waals surface area contributed by atoms with Crippen molar-refractivity contribution in [3.8, 4) is 17.2 Å². The highest BCUT2D eigenvalue weighted by atomic mass is 16.5. The number of likely N-dealkylation sites (tertiary alicyclic amines) is 1. The molecule has 8 heteroatoms. The second-order valence-corrected chi connectivity index (χ2v) is 7.09. The summed E-state index contributed by atoms with van der Waals surface area (Å²) < 4.78 is 22.1. The van der Waals surface area contributed by atoms with E-state index in [0.29, 0.717) is 36.3 Å². The molecule has 1 saturated heterocycles. The molecular formula is C22H32N4O4. The Morgan fingerprint density at radius 2 is 1.80 bits per heavy atom. The molecule has 2 aromatic rings. The predicted molar refractivity (Wildman–Crippen MR) is 117 cm³/mol. The third-order valence-corrected chi connectivity index (χ3v) is 5.39. The molecule has 0 aliphatic carbocycles. The Bertz CT molecular complexity index is 792. The van der Waals surface area contributed by atoms with Gasteiger partial charge in [-0.15, -0.1) is 0 Å². The zero-order valence-corrected chi connectivity index (χ0v) is 18.2. The first-order chi connectivity index (χ1) is 14.7. The normalized spacial score (nSPS) is 15.7. The summed E-state index contributed by atoms with van der Waals surface area (Å²) in [5, 5.41) is 6.79. The van der Waals surface area contributed by atoms with Gasteiger partial charge in [0.2, 0.25) is 0 Å². The summed E-state index contributed by atoms with van der Waals surface area (Å²) in [6, 6.07) is 7.83. The van der Waals surface area contributed by atoms with Crippen molar-refractivity contribution < 1.29 is 18.6 Å². The maximum Gasteiger partial charge on any atom is 0.191 e. The number of hydrogen-bond acceptors (Lipinski definition) is 6. The highest BCUT2D eigenvalue weighted by Gasteiger charge is 2.25. The van der Waals surface area contributed by atoms with E-state index in [1.165, 1.54) is 12.8 Å². The van der Waals surface area contributed by atoms with Crippen LogP contribution < -0.4 is 24.8 Å². The number of furan rings is 1. The molecule has 1 atom stereocenters. The molecule has 1 aliphatic heterocycles. The first-order valence-electron chi connectivity index (χ1n) is 10.2. The van der Waals surface area contributed by atoms with Crippen LogP contribution >= 0.6 is 0 Å². The molecule has 0 bridgehead atoms. The number of hydrogen-bond donors (Lipinski definition) is 2. The van der Waals surface area contributed by atoms with Crippen molar-refractivity contribution in [3.05, 3.63) is 41.9 Å². The van der Waals surface area contributed by atoms with Crippen LogP contribution in [-0.4, -0.2) is 58.9 Å². The molecule has 0 amide bonds. The molecule has 0 spiro atoms. The average molecular weight is 417 g/mol. The summed E-state index contributed by atoms with van der Waals surface area (Å²) in [6.45, 7) is 3.36. The number of nitrogens with zero attached hydrogens (tertiary/aromatic N) is 2. The first kappa shape index (κ1) is 21.8. The Labute approximate surface area is 178 Å². The summed E-state index contributed by atoms with van der Waals surface area (Å²) in [5.74, 6) is 3.74. The van der Waals surface area contributed by atoms with Crippen molar-refractivity contribution in [1.29, 1.82) is 0 Å². The van der Waals surface area contributed by atoms with Crippen LogP contribution in [0.1, 0.15) is 30.2 Å². The zero-order valence-electron chi connectivity index (χ0n) is 18.2. The number of aliphatic imine (C=N–C) groups is 1. The lowest BCUT2D eigenvalue weighted by Crippen LogP contribution is -2.42. The lowest BCUT2D eigenvalue weighted by Gasteiger charge is -2.27. The van der Waals surface area contributed by atoms with Gasteiger partial charge in [-0.25, -0.2) is 0 Å². The molecule has 30 heavy (non-hydrogen) atoms. The van der Waals surface area contributed by atoms with Gasteiger partial charge in [0.05, 0.1) is 45.7 Å². The Balaban J connectivity index is 1.66. The molecule has 1 aliphatic rings. The zero-order chi connectivity index (χ0) is 21.3. The van der Waals surface area contributed by atoms with Crippen LogP contribution in [0, 0.1) is 0 Å². The second-order valence-electron chi connectivity index (χ2n) is 7.09. The minimum absolute atomic E-state index is 0.172. The van der Waals surface area contributed by atoms with Gasteiger partial charge in [0.15, 0.2) is 5.96 Å². The van der Waals surface area contributed by atoms with Crippen molar-refractivity contribution in [1.82, 2.24) is 15.5 Å². The Kier molecular flexibility index (Phi) is 7.84. The second kappa shape index (κ2) is 10.8. The number of methoxy groups -OCH3 is 3. The fraction of sp³-hybridized carbons (Fsp3) is 0.500. The minimum atomic E-state index is 0.172. The molecule has 1 fully saturated rings. The van der Waals surface area contributed by atoms with Crippen molar-refractivity contribution >= 4 is 5.96 Å². The Hall–Kier alpha value is -2.87. The van der Waals surface area contributed by atoms with Crippen LogP contribution in [0.3, 0.4) is 0 Å². The summed E-state index contributed by atoms with van der Waals surface area (Å²) in [5.41, 5.74) is 0.894. The topological polar surface area (TPSA) is 80.5 Å². The summed E-state index contributed by atoms with van der Waals surface area (Å²) in [7, 11) is 6.65. The molecule has 0 radical (unpaired) electrons. The highest BCUT2D eigenvalue weighted by Crippen LogP contribution is 2.33. The third-order valence-electron chi connectivity index (χ3n) is 5.39.